The molecule has 1 saturated heterocycles. The Morgan fingerprint density at radius 2 is 2.04 bits per heavy atom. The van der Waals surface area contributed by atoms with Crippen molar-refractivity contribution in [2.24, 2.45) is 5.92 Å². The highest BCUT2D eigenvalue weighted by atomic mass is 16.3. The monoisotopic (exact) mass is 333 g/mol. The molecule has 6 nitrogen and oxygen atoms in total. The molecule has 0 radical (unpaired) electrons. The summed E-state index contributed by atoms with van der Waals surface area (Å²) in [6.07, 6.45) is 4.54. The first-order chi connectivity index (χ1) is 11.5. The Bertz CT molecular complexity index is 580. The van der Waals surface area contributed by atoms with Crippen LogP contribution in [0.2, 0.25) is 0 Å². The summed E-state index contributed by atoms with van der Waals surface area (Å²) in [5.74, 6) is 0.969. The number of nitrogens with zero attached hydrogens (tertiary/aromatic N) is 2. The highest BCUT2D eigenvalue weighted by molar-refractivity contribution is 5.79. The van der Waals surface area contributed by atoms with Crippen molar-refractivity contribution in [3.63, 3.8) is 0 Å². The zero-order chi connectivity index (χ0) is 17.3. The maximum absolute atomic E-state index is 12.8. The average molecular weight is 333 g/mol. The van der Waals surface area contributed by atoms with Gasteiger partial charge in [0, 0.05) is 31.1 Å². The number of amides is 3. The van der Waals surface area contributed by atoms with Crippen LogP contribution in [0.25, 0.3) is 0 Å². The molecule has 24 heavy (non-hydrogen) atoms. The molecule has 1 aliphatic heterocycles. The average Bonchev–Trinajstić information content (AvgIpc) is 3.04. The molecular formula is C18H27N3O3. The zero-order valence-electron chi connectivity index (χ0n) is 14.7. The Morgan fingerprint density at radius 3 is 2.62 bits per heavy atom. The molecule has 6 heteroatoms. The molecule has 1 N–H and O–H groups in total. The molecule has 0 aromatic carbocycles. The second-order valence-corrected chi connectivity index (χ2v) is 7.20. The predicted molar refractivity (Wildman–Crippen MR) is 90.3 cm³/mol. The molecule has 2 aliphatic rings. The van der Waals surface area contributed by atoms with Gasteiger partial charge in [-0.3, -0.25) is 4.79 Å². The van der Waals surface area contributed by atoms with Crippen molar-refractivity contribution < 1.29 is 14.0 Å². The van der Waals surface area contributed by atoms with E-state index in [1.165, 1.54) is 0 Å². The summed E-state index contributed by atoms with van der Waals surface area (Å²) in [7, 11) is 0. The van der Waals surface area contributed by atoms with Crippen molar-refractivity contribution in [3.05, 3.63) is 24.2 Å². The smallest absolute Gasteiger partial charge is 0.318 e. The number of hydrogen-bond acceptors (Lipinski definition) is 3. The topological polar surface area (TPSA) is 65.8 Å². The number of rotatable bonds is 5. The van der Waals surface area contributed by atoms with Crippen molar-refractivity contribution in [3.8, 4) is 0 Å². The maximum Gasteiger partial charge on any atom is 0.318 e. The Morgan fingerprint density at radius 1 is 1.29 bits per heavy atom. The number of nitrogens with one attached hydrogen (secondary N) is 1. The normalized spacial score (nSPS) is 21.8. The highest BCUT2D eigenvalue weighted by Crippen LogP contribution is 2.34. The largest absolute Gasteiger partial charge is 0.467 e. The van der Waals surface area contributed by atoms with Gasteiger partial charge in [-0.15, -0.1) is 0 Å². The Hall–Kier alpha value is -1.98. The molecule has 0 spiro atoms. The number of likely N-dealkylation sites (tertiary alicyclic amines) is 1. The molecule has 2 heterocycles. The number of furan rings is 1. The van der Waals surface area contributed by atoms with Crippen LogP contribution >= 0.6 is 0 Å². The third-order valence-corrected chi connectivity index (χ3v) is 4.87. The van der Waals surface area contributed by atoms with Gasteiger partial charge in [-0.05, 0) is 38.3 Å². The van der Waals surface area contributed by atoms with E-state index < -0.39 is 0 Å². The SMILES string of the molecule is CC(C)C(=O)N1CCC(NC(=O)N(C2CC2)C(C)c2ccco2)C1. The van der Waals surface area contributed by atoms with Crippen LogP contribution in [0.5, 0.6) is 0 Å². The molecule has 2 unspecified atom stereocenters. The fourth-order valence-corrected chi connectivity index (χ4v) is 3.37. The van der Waals surface area contributed by atoms with Gasteiger partial charge in [-0.2, -0.15) is 0 Å². The summed E-state index contributed by atoms with van der Waals surface area (Å²) in [5.41, 5.74) is 0. The van der Waals surface area contributed by atoms with Gasteiger partial charge in [-0.1, -0.05) is 13.8 Å². The van der Waals surface area contributed by atoms with E-state index in [1.54, 1.807) is 6.26 Å². The maximum atomic E-state index is 12.8. The van der Waals surface area contributed by atoms with Crippen LogP contribution in [0.4, 0.5) is 4.79 Å². The van der Waals surface area contributed by atoms with Gasteiger partial charge >= 0.3 is 6.03 Å². The van der Waals surface area contributed by atoms with E-state index in [4.69, 9.17) is 4.42 Å². The zero-order valence-corrected chi connectivity index (χ0v) is 14.7. The van der Waals surface area contributed by atoms with E-state index in [0.717, 1.165) is 31.6 Å². The van der Waals surface area contributed by atoms with E-state index >= 15 is 0 Å². The number of carbonyl (C=O) groups is 2. The fourth-order valence-electron chi connectivity index (χ4n) is 3.37. The van der Waals surface area contributed by atoms with Gasteiger partial charge < -0.3 is 19.5 Å². The summed E-state index contributed by atoms with van der Waals surface area (Å²) >= 11 is 0. The van der Waals surface area contributed by atoms with Gasteiger partial charge in [0.15, 0.2) is 0 Å². The van der Waals surface area contributed by atoms with Gasteiger partial charge in [0.2, 0.25) is 5.91 Å². The van der Waals surface area contributed by atoms with E-state index in [1.807, 2.05) is 42.7 Å². The lowest BCUT2D eigenvalue weighted by Crippen LogP contribution is -2.48. The number of urea groups is 1. The quantitative estimate of drug-likeness (QED) is 0.901. The van der Waals surface area contributed by atoms with Crippen LogP contribution in [0.1, 0.15) is 51.8 Å². The lowest BCUT2D eigenvalue weighted by Gasteiger charge is -2.29. The van der Waals surface area contributed by atoms with Crippen molar-refractivity contribution in [1.29, 1.82) is 0 Å². The molecule has 1 aromatic rings. The van der Waals surface area contributed by atoms with E-state index in [0.29, 0.717) is 12.6 Å². The van der Waals surface area contributed by atoms with Crippen LogP contribution in [0, 0.1) is 5.92 Å². The number of hydrogen-bond donors (Lipinski definition) is 1. The molecule has 3 amide bonds. The van der Waals surface area contributed by atoms with Crippen molar-refractivity contribution in [2.45, 2.75) is 58.2 Å². The molecule has 1 saturated carbocycles. The number of carbonyl (C=O) groups excluding carboxylic acids is 2. The molecule has 2 fully saturated rings. The highest BCUT2D eigenvalue weighted by Gasteiger charge is 2.38. The fraction of sp³-hybridized carbons (Fsp3) is 0.667. The second-order valence-electron chi connectivity index (χ2n) is 7.20. The van der Waals surface area contributed by atoms with Crippen LogP contribution in [0.3, 0.4) is 0 Å². The summed E-state index contributed by atoms with van der Waals surface area (Å²) in [5, 5.41) is 3.12. The third-order valence-electron chi connectivity index (χ3n) is 4.87. The molecule has 1 aliphatic carbocycles. The van der Waals surface area contributed by atoms with Crippen LogP contribution < -0.4 is 5.32 Å². The third kappa shape index (κ3) is 3.57. The van der Waals surface area contributed by atoms with Crippen LogP contribution in [0.15, 0.2) is 22.8 Å². The molecule has 0 bridgehead atoms. The molecule has 132 valence electrons. The van der Waals surface area contributed by atoms with Crippen LogP contribution in [-0.2, 0) is 4.79 Å². The first-order valence-electron chi connectivity index (χ1n) is 8.88. The van der Waals surface area contributed by atoms with Gasteiger partial charge in [0.1, 0.15) is 5.76 Å². The molecule has 3 rings (SSSR count). The summed E-state index contributed by atoms with van der Waals surface area (Å²) in [6, 6.07) is 3.95. The lowest BCUT2D eigenvalue weighted by molar-refractivity contribution is -0.133. The minimum atomic E-state index is -0.0812. The van der Waals surface area contributed by atoms with Crippen molar-refractivity contribution >= 4 is 11.9 Å². The first kappa shape index (κ1) is 16.9. The second kappa shape index (κ2) is 6.87. The summed E-state index contributed by atoms with van der Waals surface area (Å²) < 4.78 is 5.47. The molecular weight excluding hydrogens is 306 g/mol. The van der Waals surface area contributed by atoms with Gasteiger partial charge in [-0.25, -0.2) is 4.79 Å². The minimum Gasteiger partial charge on any atom is -0.467 e. The molecule has 1 aromatic heterocycles. The summed E-state index contributed by atoms with van der Waals surface area (Å²) in [4.78, 5) is 28.6. The Balaban J connectivity index is 1.60. The van der Waals surface area contributed by atoms with Crippen molar-refractivity contribution in [2.75, 3.05) is 13.1 Å². The standard InChI is InChI=1S/C18H27N3O3/c1-12(2)17(22)20-9-8-14(11-20)19-18(23)21(15-6-7-15)13(3)16-5-4-10-24-16/h4-5,10,12-15H,6-9,11H2,1-3H3,(H,19,23). The van der Waals surface area contributed by atoms with E-state index in [-0.39, 0.29) is 29.9 Å². The van der Waals surface area contributed by atoms with Gasteiger partial charge in [0.25, 0.3) is 0 Å². The predicted octanol–water partition coefficient (Wildman–Crippen LogP) is 2.77. The van der Waals surface area contributed by atoms with E-state index in [9.17, 15) is 9.59 Å². The Labute approximate surface area is 143 Å². The minimum absolute atomic E-state index is 0.00129. The summed E-state index contributed by atoms with van der Waals surface area (Å²) in [6.45, 7) is 7.15. The van der Waals surface area contributed by atoms with Crippen molar-refractivity contribution in [1.82, 2.24) is 15.1 Å². The molecule has 2 atom stereocenters. The Kier molecular flexibility index (Phi) is 4.83. The van der Waals surface area contributed by atoms with E-state index in [2.05, 4.69) is 5.32 Å². The van der Waals surface area contributed by atoms with Crippen LogP contribution in [-0.4, -0.2) is 46.9 Å². The van der Waals surface area contributed by atoms with Gasteiger partial charge in [0.05, 0.1) is 12.3 Å². The first-order valence-corrected chi connectivity index (χ1v) is 8.88. The lowest BCUT2D eigenvalue weighted by atomic mass is 10.2.